The molecule has 1 radical (unpaired) electrons. The molecule has 1 heteroatoms. The highest BCUT2D eigenvalue weighted by Gasteiger charge is 1.91. The van der Waals surface area contributed by atoms with E-state index < -0.39 is 0 Å². The Kier molecular flexibility index (Phi) is 6.27. The van der Waals surface area contributed by atoms with E-state index in [1.165, 1.54) is 16.7 Å². The predicted molar refractivity (Wildman–Crippen MR) is 81.5 cm³/mol. The van der Waals surface area contributed by atoms with Gasteiger partial charge in [-0.1, -0.05) is 41.0 Å². The van der Waals surface area contributed by atoms with Crippen molar-refractivity contribution in [2.24, 2.45) is 0 Å². The maximum Gasteiger partial charge on any atom is 0.0684 e. The van der Waals surface area contributed by atoms with Gasteiger partial charge in [0.25, 0.3) is 0 Å². The summed E-state index contributed by atoms with van der Waals surface area (Å²) in [6.07, 6.45) is 6.68. The van der Waals surface area contributed by atoms with E-state index in [0.717, 1.165) is 18.5 Å². The van der Waals surface area contributed by atoms with Crippen molar-refractivity contribution in [3.8, 4) is 0 Å². The fraction of sp³-hybridized carbons (Fsp3) is 0.353. The summed E-state index contributed by atoms with van der Waals surface area (Å²) < 4.78 is 0. The molecule has 0 heterocycles. The molecule has 0 aromatic heterocycles. The number of aryl methyl sites for hydroxylation is 1. The molecule has 0 saturated heterocycles. The summed E-state index contributed by atoms with van der Waals surface area (Å²) in [5.41, 5.74) is 5.21. The summed E-state index contributed by atoms with van der Waals surface area (Å²) in [7, 11) is 0. The van der Waals surface area contributed by atoms with Crippen LogP contribution < -0.4 is 5.32 Å². The van der Waals surface area contributed by atoms with E-state index in [2.05, 4.69) is 69.4 Å². The zero-order valence-electron chi connectivity index (χ0n) is 12.0. The molecule has 1 aromatic carbocycles. The lowest BCUT2D eigenvalue weighted by molar-refractivity contribution is 0.964. The van der Waals surface area contributed by atoms with Crippen LogP contribution in [0, 0.1) is 13.5 Å². The summed E-state index contributed by atoms with van der Waals surface area (Å²) in [5.74, 6) is 0. The second-order valence-electron chi connectivity index (χ2n) is 5.01. The highest BCUT2D eigenvalue weighted by Crippen LogP contribution is 2.11. The second-order valence-corrected chi connectivity index (χ2v) is 5.01. The van der Waals surface area contributed by atoms with Gasteiger partial charge in [0.2, 0.25) is 0 Å². The SMILES string of the molecule is CC(C)=CCC/C(C)=C/[CH]Nc1ccc(C)cc1. The third kappa shape index (κ3) is 6.29. The topological polar surface area (TPSA) is 12.0 Å². The van der Waals surface area contributed by atoms with Crippen LogP contribution in [0.1, 0.15) is 39.2 Å². The minimum Gasteiger partial charge on any atom is -0.376 e. The van der Waals surface area contributed by atoms with Crippen molar-refractivity contribution in [2.75, 3.05) is 5.32 Å². The lowest BCUT2D eigenvalue weighted by atomic mass is 10.1. The molecule has 97 valence electrons. The number of nitrogens with one attached hydrogen (secondary N) is 1. The standard InChI is InChI=1S/C17H24N/c1-14(2)6-5-7-15(3)12-13-18-17-10-8-16(4)9-11-17/h6,8-13,18H,5,7H2,1-4H3/b15-12+. The van der Waals surface area contributed by atoms with Gasteiger partial charge in [-0.25, -0.2) is 0 Å². The summed E-state index contributed by atoms with van der Waals surface area (Å²) >= 11 is 0. The number of allylic oxidation sites excluding steroid dienone is 3. The van der Waals surface area contributed by atoms with Gasteiger partial charge in [-0.05, 0) is 52.7 Å². The third-order valence-electron chi connectivity index (χ3n) is 2.76. The number of rotatable bonds is 6. The second kappa shape index (κ2) is 7.75. The maximum atomic E-state index is 3.29. The summed E-state index contributed by atoms with van der Waals surface area (Å²) in [4.78, 5) is 0. The van der Waals surface area contributed by atoms with Crippen molar-refractivity contribution in [3.63, 3.8) is 0 Å². The Hall–Kier alpha value is -1.50. The Labute approximate surface area is 112 Å². The fourth-order valence-corrected chi connectivity index (χ4v) is 1.60. The zero-order valence-corrected chi connectivity index (χ0v) is 12.0. The van der Waals surface area contributed by atoms with Gasteiger partial charge in [0.15, 0.2) is 0 Å². The van der Waals surface area contributed by atoms with Crippen LogP contribution in [-0.2, 0) is 0 Å². The van der Waals surface area contributed by atoms with Crippen molar-refractivity contribution in [1.82, 2.24) is 0 Å². The predicted octanol–water partition coefficient (Wildman–Crippen LogP) is 5.26. The van der Waals surface area contributed by atoms with Crippen molar-refractivity contribution >= 4 is 5.69 Å². The molecule has 18 heavy (non-hydrogen) atoms. The molecular formula is C17H24N. The van der Waals surface area contributed by atoms with E-state index in [1.807, 2.05) is 6.54 Å². The number of benzene rings is 1. The Morgan fingerprint density at radius 2 is 1.78 bits per heavy atom. The number of hydrogen-bond donors (Lipinski definition) is 1. The minimum absolute atomic E-state index is 1.12. The van der Waals surface area contributed by atoms with Gasteiger partial charge in [-0.2, -0.15) is 0 Å². The average Bonchev–Trinajstić information content (AvgIpc) is 2.31. The zero-order chi connectivity index (χ0) is 13.4. The molecule has 0 unspecified atom stereocenters. The first-order valence-electron chi connectivity index (χ1n) is 6.53. The first-order chi connectivity index (χ1) is 8.58. The normalized spacial score (nSPS) is 11.2. The van der Waals surface area contributed by atoms with Gasteiger partial charge in [-0.3, -0.25) is 0 Å². The lowest BCUT2D eigenvalue weighted by Crippen LogP contribution is -1.92. The van der Waals surface area contributed by atoms with Crippen LogP contribution in [0.2, 0.25) is 0 Å². The maximum absolute atomic E-state index is 3.29. The molecule has 0 aliphatic carbocycles. The first kappa shape index (κ1) is 14.6. The van der Waals surface area contributed by atoms with Gasteiger partial charge in [0.1, 0.15) is 0 Å². The number of anilines is 1. The van der Waals surface area contributed by atoms with Crippen LogP contribution in [-0.4, -0.2) is 0 Å². The number of hydrogen-bond acceptors (Lipinski definition) is 1. The Bertz CT molecular complexity index is 406. The molecule has 1 aromatic rings. The molecule has 0 spiro atoms. The lowest BCUT2D eigenvalue weighted by Gasteiger charge is -2.04. The van der Waals surface area contributed by atoms with Crippen LogP contribution in [0.15, 0.2) is 47.6 Å². The van der Waals surface area contributed by atoms with E-state index in [4.69, 9.17) is 0 Å². The molecule has 0 atom stereocenters. The molecule has 1 rings (SSSR count). The molecule has 0 aliphatic rings. The summed E-state index contributed by atoms with van der Waals surface area (Å²) in [5, 5.41) is 3.29. The van der Waals surface area contributed by atoms with Crippen LogP contribution in [0.3, 0.4) is 0 Å². The fourth-order valence-electron chi connectivity index (χ4n) is 1.60. The van der Waals surface area contributed by atoms with Crippen LogP contribution in [0.5, 0.6) is 0 Å². The van der Waals surface area contributed by atoms with E-state index in [-0.39, 0.29) is 0 Å². The summed E-state index contributed by atoms with van der Waals surface area (Å²) in [6, 6.07) is 8.42. The molecular weight excluding hydrogens is 218 g/mol. The van der Waals surface area contributed by atoms with E-state index in [1.54, 1.807) is 0 Å². The van der Waals surface area contributed by atoms with E-state index in [9.17, 15) is 0 Å². The third-order valence-corrected chi connectivity index (χ3v) is 2.76. The molecule has 0 amide bonds. The first-order valence-corrected chi connectivity index (χ1v) is 6.53. The Morgan fingerprint density at radius 1 is 1.11 bits per heavy atom. The Balaban J connectivity index is 2.31. The van der Waals surface area contributed by atoms with Crippen molar-refractivity contribution in [3.05, 3.63) is 59.7 Å². The van der Waals surface area contributed by atoms with Gasteiger partial charge < -0.3 is 5.32 Å². The van der Waals surface area contributed by atoms with Gasteiger partial charge in [0.05, 0.1) is 6.54 Å². The van der Waals surface area contributed by atoms with Crippen LogP contribution in [0.25, 0.3) is 0 Å². The van der Waals surface area contributed by atoms with E-state index >= 15 is 0 Å². The smallest absolute Gasteiger partial charge is 0.0684 e. The highest BCUT2D eigenvalue weighted by atomic mass is 14.8. The van der Waals surface area contributed by atoms with E-state index in [0.29, 0.717) is 0 Å². The quantitative estimate of drug-likeness (QED) is 0.671. The van der Waals surface area contributed by atoms with Crippen molar-refractivity contribution in [1.29, 1.82) is 0 Å². The van der Waals surface area contributed by atoms with Crippen LogP contribution in [0.4, 0.5) is 5.69 Å². The summed E-state index contributed by atoms with van der Waals surface area (Å²) in [6.45, 7) is 10.6. The molecule has 0 fully saturated rings. The van der Waals surface area contributed by atoms with Gasteiger partial charge in [-0.15, -0.1) is 0 Å². The molecule has 1 nitrogen and oxygen atoms in total. The van der Waals surface area contributed by atoms with Crippen molar-refractivity contribution < 1.29 is 0 Å². The minimum atomic E-state index is 1.12. The molecule has 0 bridgehead atoms. The van der Waals surface area contributed by atoms with Crippen LogP contribution >= 0.6 is 0 Å². The van der Waals surface area contributed by atoms with Crippen molar-refractivity contribution in [2.45, 2.75) is 40.5 Å². The molecule has 0 saturated carbocycles. The average molecular weight is 242 g/mol. The monoisotopic (exact) mass is 242 g/mol. The molecule has 0 aliphatic heterocycles. The van der Waals surface area contributed by atoms with Gasteiger partial charge in [0, 0.05) is 5.69 Å². The molecule has 1 N–H and O–H groups in total. The van der Waals surface area contributed by atoms with Gasteiger partial charge >= 0.3 is 0 Å². The largest absolute Gasteiger partial charge is 0.376 e. The Morgan fingerprint density at radius 3 is 2.39 bits per heavy atom. The highest BCUT2D eigenvalue weighted by molar-refractivity contribution is 5.46.